The lowest BCUT2D eigenvalue weighted by Crippen LogP contribution is -2.32. The fourth-order valence-corrected chi connectivity index (χ4v) is 7.86. The van der Waals surface area contributed by atoms with Gasteiger partial charge < -0.3 is 58.3 Å². The van der Waals surface area contributed by atoms with E-state index >= 15 is 0 Å². The maximum absolute atomic E-state index is 12.7. The van der Waals surface area contributed by atoms with Gasteiger partial charge >= 0.3 is 17.9 Å². The molecule has 5 atom stereocenters. The minimum absolute atomic E-state index is 0.0682. The van der Waals surface area contributed by atoms with Crippen LogP contribution in [0.4, 0.5) is 0 Å². The molecular weight excluding hydrogens is 997 g/mol. The number of aliphatic hydroxyl groups excluding tert-OH is 2. The molecule has 18 heteroatoms. The summed E-state index contributed by atoms with van der Waals surface area (Å²) in [6.07, 6.45) is 20.2. The SMILES string of the molecule is COc1cc(O)c2c(c1)/C=C/CCCC(=O)/C=C\C[C@H](C)OC2=O.COc1cc(O)c2c(c1OC)/C=C/C[C@H](O)[C@H](O)C(=O)/C=C\C[C@H](C)OC2=O.COc1cc2c(c(OC)c1)C(=O)O[C@@H](C)C/C=C\C(=O)CCC/C=C/2. The van der Waals surface area contributed by atoms with Crippen LogP contribution in [0.2, 0.25) is 0 Å². The number of hydrogen-bond donors (Lipinski definition) is 4. The molecule has 0 unspecified atom stereocenters. The topological polar surface area (TPSA) is 257 Å². The largest absolute Gasteiger partial charge is 0.507 e. The fraction of sp³-hybridized carbons (Fsp3) is 0.390. The average Bonchev–Trinajstić information content (AvgIpc) is 3.39. The Kier molecular flexibility index (Phi) is 24.9. The number of aliphatic hydroxyl groups is 2. The Labute approximate surface area is 448 Å². The number of ether oxygens (including phenoxy) is 8. The van der Waals surface area contributed by atoms with Gasteiger partial charge in [-0.1, -0.05) is 54.7 Å². The quantitative estimate of drug-likeness (QED) is 0.137. The standard InChI is InChI=1S/C20H24O8.C20H24O5.C19H22O5/c1-11-6-4-8-13(21)18(24)14(22)9-5-7-12-17(20(25)28-11)15(23)10-16(26-2)19(12)27-3;1-14-8-7-11-16(21)10-6-4-5-9-15-12-17(23-2)13-18(24-3)19(15)20(22)25-14;1-13-7-6-10-15(20)9-5-3-4-8-14-11-16(23-2)12-17(21)18(14)19(22)24-13/h4-5,7-8,10-11,14,18,22-24H,6,9H2,1-3H3;5,7,9,11-14H,4,6,8,10H2,1-3H3;4,6,8,10-13,21H,3,5,7,9H2,1-2H3/b7-5+,8-4-;9-5+,11-7-;8-4+,10-6-/t11-,14-,18+;14-;13-/m000/s1. The van der Waals surface area contributed by atoms with Crippen LogP contribution >= 0.6 is 0 Å². The Morgan fingerprint density at radius 3 is 1.43 bits per heavy atom. The number of ketones is 3. The lowest BCUT2D eigenvalue weighted by molar-refractivity contribution is -0.127. The van der Waals surface area contributed by atoms with Gasteiger partial charge in [0, 0.05) is 55.9 Å². The van der Waals surface area contributed by atoms with E-state index in [9.17, 15) is 49.2 Å². The summed E-state index contributed by atoms with van der Waals surface area (Å²) in [5.41, 5.74) is 1.78. The molecule has 0 saturated heterocycles. The van der Waals surface area contributed by atoms with Crippen molar-refractivity contribution in [3.8, 4) is 40.2 Å². The minimum atomic E-state index is -1.58. The molecule has 3 aromatic carbocycles. The summed E-state index contributed by atoms with van der Waals surface area (Å²) >= 11 is 0. The van der Waals surface area contributed by atoms with E-state index in [1.165, 1.54) is 64.9 Å². The molecule has 3 aliphatic heterocycles. The van der Waals surface area contributed by atoms with E-state index in [0.29, 0.717) is 66.0 Å². The number of carbonyl (C=O) groups is 6. The number of rotatable bonds is 5. The van der Waals surface area contributed by atoms with Crippen molar-refractivity contribution in [1.29, 1.82) is 0 Å². The van der Waals surface area contributed by atoms with Crippen LogP contribution in [0.5, 0.6) is 40.2 Å². The zero-order chi connectivity index (χ0) is 56.6. The Bertz CT molecular complexity index is 2740. The zero-order valence-corrected chi connectivity index (χ0v) is 44.8. The first-order chi connectivity index (χ1) is 36.8. The summed E-state index contributed by atoms with van der Waals surface area (Å²) in [6, 6.07) is 7.75. The molecule has 0 spiro atoms. The number of cyclic esters (lactones) is 3. The number of hydrogen-bond acceptors (Lipinski definition) is 18. The van der Waals surface area contributed by atoms with Gasteiger partial charge in [0.1, 0.15) is 69.9 Å². The Morgan fingerprint density at radius 1 is 0.468 bits per heavy atom. The zero-order valence-electron chi connectivity index (χ0n) is 44.8. The van der Waals surface area contributed by atoms with Gasteiger partial charge in [-0.3, -0.25) is 14.4 Å². The van der Waals surface area contributed by atoms with Crippen LogP contribution in [-0.2, 0) is 28.6 Å². The first kappa shape index (κ1) is 61.6. The molecule has 4 N–H and O–H groups in total. The lowest BCUT2D eigenvalue weighted by atomic mass is 10.0. The van der Waals surface area contributed by atoms with Crippen molar-refractivity contribution in [3.05, 3.63) is 118 Å². The van der Waals surface area contributed by atoms with Gasteiger partial charge in [-0.15, -0.1) is 0 Å². The first-order valence-electron chi connectivity index (χ1n) is 25.1. The van der Waals surface area contributed by atoms with Crippen molar-refractivity contribution in [3.63, 3.8) is 0 Å². The van der Waals surface area contributed by atoms with E-state index in [1.807, 2.05) is 18.2 Å². The second-order valence-corrected chi connectivity index (χ2v) is 18.0. The van der Waals surface area contributed by atoms with Crippen LogP contribution in [0.15, 0.2) is 85.0 Å². The van der Waals surface area contributed by atoms with Gasteiger partial charge in [0.15, 0.2) is 28.8 Å². The molecule has 414 valence electrons. The highest BCUT2D eigenvalue weighted by molar-refractivity contribution is 6.00. The number of phenols is 2. The predicted octanol–water partition coefficient (Wildman–Crippen LogP) is 9.23. The van der Waals surface area contributed by atoms with Crippen molar-refractivity contribution in [2.24, 2.45) is 0 Å². The maximum atomic E-state index is 12.7. The molecule has 3 aliphatic rings. The number of aromatic hydroxyl groups is 2. The van der Waals surface area contributed by atoms with Gasteiger partial charge in [0.2, 0.25) is 0 Å². The van der Waals surface area contributed by atoms with E-state index < -0.39 is 48.1 Å². The highest BCUT2D eigenvalue weighted by Crippen LogP contribution is 2.41. The third kappa shape index (κ3) is 18.7. The summed E-state index contributed by atoms with van der Waals surface area (Å²) in [5, 5.41) is 40.5. The third-order valence-corrected chi connectivity index (χ3v) is 11.9. The molecule has 0 saturated carbocycles. The number of fused-ring (bicyclic) bond motifs is 3. The molecule has 3 aromatic rings. The summed E-state index contributed by atoms with van der Waals surface area (Å²) in [5.74, 6) is -0.994. The van der Waals surface area contributed by atoms with Crippen LogP contribution in [0.25, 0.3) is 18.2 Å². The molecule has 0 aliphatic carbocycles. The van der Waals surface area contributed by atoms with E-state index in [0.717, 1.165) is 25.3 Å². The van der Waals surface area contributed by atoms with Gasteiger partial charge in [-0.25, -0.2) is 14.4 Å². The maximum Gasteiger partial charge on any atom is 0.342 e. The molecule has 3 heterocycles. The molecule has 18 nitrogen and oxygen atoms in total. The van der Waals surface area contributed by atoms with Crippen molar-refractivity contribution in [1.82, 2.24) is 0 Å². The predicted molar refractivity (Wildman–Crippen MR) is 288 cm³/mol. The molecule has 0 fully saturated rings. The number of benzene rings is 3. The monoisotopic (exact) mass is 1070 g/mol. The van der Waals surface area contributed by atoms with Gasteiger partial charge in [0.25, 0.3) is 0 Å². The lowest BCUT2D eigenvalue weighted by Gasteiger charge is -2.18. The highest BCUT2D eigenvalue weighted by Gasteiger charge is 2.28. The van der Waals surface area contributed by atoms with Gasteiger partial charge in [-0.05, 0) is 94.4 Å². The third-order valence-electron chi connectivity index (χ3n) is 11.9. The van der Waals surface area contributed by atoms with Crippen molar-refractivity contribution in [2.75, 3.05) is 35.5 Å². The number of methoxy groups -OCH3 is 5. The Morgan fingerprint density at radius 2 is 0.922 bits per heavy atom. The first-order valence-corrected chi connectivity index (χ1v) is 25.1. The van der Waals surface area contributed by atoms with E-state index in [-0.39, 0.29) is 70.2 Å². The van der Waals surface area contributed by atoms with Crippen LogP contribution in [0.1, 0.15) is 133 Å². The fourth-order valence-electron chi connectivity index (χ4n) is 7.86. The van der Waals surface area contributed by atoms with Crippen molar-refractivity contribution < 1.29 is 87.1 Å². The van der Waals surface area contributed by atoms with E-state index in [4.69, 9.17) is 37.9 Å². The molecule has 0 bridgehead atoms. The second-order valence-electron chi connectivity index (χ2n) is 18.0. The van der Waals surface area contributed by atoms with Crippen LogP contribution < -0.4 is 23.7 Å². The van der Waals surface area contributed by atoms with Crippen LogP contribution in [0, 0.1) is 0 Å². The number of allylic oxidation sites excluding steroid dienone is 4. The smallest absolute Gasteiger partial charge is 0.342 e. The number of carbonyl (C=O) groups excluding carboxylic acids is 6. The second kappa shape index (κ2) is 31.2. The highest BCUT2D eigenvalue weighted by atomic mass is 16.6. The average molecular weight is 1070 g/mol. The van der Waals surface area contributed by atoms with Crippen molar-refractivity contribution >= 4 is 53.5 Å². The van der Waals surface area contributed by atoms with E-state index in [2.05, 4.69) is 0 Å². The molecule has 77 heavy (non-hydrogen) atoms. The summed E-state index contributed by atoms with van der Waals surface area (Å²) in [6.45, 7) is 5.16. The van der Waals surface area contributed by atoms with E-state index in [1.54, 1.807) is 70.4 Å². The van der Waals surface area contributed by atoms with Crippen LogP contribution in [0.3, 0.4) is 0 Å². The van der Waals surface area contributed by atoms with Crippen LogP contribution in [-0.4, -0.2) is 122 Å². The molecule has 0 amide bonds. The van der Waals surface area contributed by atoms with Gasteiger partial charge in [0.05, 0.1) is 41.7 Å². The minimum Gasteiger partial charge on any atom is -0.507 e. The molecule has 0 radical (unpaired) electrons. The Hall–Kier alpha value is -7.96. The van der Waals surface area contributed by atoms with Gasteiger partial charge in [-0.2, -0.15) is 0 Å². The number of phenolic OH excluding ortho intramolecular Hbond substituents is 2. The summed E-state index contributed by atoms with van der Waals surface area (Å²) in [7, 11) is 7.33. The normalized spacial score (nSPS) is 23.2. The molecule has 6 rings (SSSR count). The molecule has 0 aromatic heterocycles. The Balaban J connectivity index is 0.000000250. The van der Waals surface area contributed by atoms with Crippen molar-refractivity contribution in [2.45, 2.75) is 115 Å². The summed E-state index contributed by atoms with van der Waals surface area (Å²) in [4.78, 5) is 73.1. The number of esters is 3. The summed E-state index contributed by atoms with van der Waals surface area (Å²) < 4.78 is 42.6. The molecular formula is C59H70O18.